The molecule has 1 rings (SSSR count). The Morgan fingerprint density at radius 1 is 1.69 bits per heavy atom. The first-order chi connectivity index (χ1) is 6.07. The molecular formula is C7H9N3O3. The van der Waals surface area contributed by atoms with E-state index in [9.17, 15) is 14.9 Å². The number of hydrogen-bond acceptors (Lipinski definition) is 4. The highest BCUT2D eigenvalue weighted by molar-refractivity contribution is 5.72. The standard InChI is InChI=1S/C7H9N3O3/c1-5(2)9-6(4-11)3-8-7(9)10(12)13/h3-5H,1-2H3. The molecule has 0 aromatic carbocycles. The molecule has 0 saturated carbocycles. The summed E-state index contributed by atoms with van der Waals surface area (Å²) in [6.45, 7) is 3.50. The first-order valence-corrected chi connectivity index (χ1v) is 3.74. The largest absolute Gasteiger partial charge is 0.435 e. The molecule has 1 aromatic rings. The molecule has 6 heteroatoms. The van der Waals surface area contributed by atoms with Gasteiger partial charge in [0.15, 0.2) is 12.0 Å². The Morgan fingerprint density at radius 3 is 2.69 bits per heavy atom. The predicted molar refractivity (Wildman–Crippen MR) is 44.7 cm³/mol. The van der Waals surface area contributed by atoms with Crippen LogP contribution in [0.15, 0.2) is 6.20 Å². The lowest BCUT2D eigenvalue weighted by Crippen LogP contribution is -2.08. The van der Waals surface area contributed by atoms with Gasteiger partial charge < -0.3 is 10.1 Å². The monoisotopic (exact) mass is 183 g/mol. The zero-order chi connectivity index (χ0) is 10.0. The van der Waals surface area contributed by atoms with Gasteiger partial charge in [0.05, 0.1) is 6.04 Å². The first-order valence-electron chi connectivity index (χ1n) is 3.74. The van der Waals surface area contributed by atoms with Gasteiger partial charge in [-0.25, -0.2) is 4.57 Å². The second-order valence-corrected chi connectivity index (χ2v) is 2.82. The zero-order valence-electron chi connectivity index (χ0n) is 7.30. The highest BCUT2D eigenvalue weighted by Crippen LogP contribution is 2.17. The minimum atomic E-state index is -0.604. The Bertz CT molecular complexity index is 343. The highest BCUT2D eigenvalue weighted by Gasteiger charge is 2.22. The smallest absolute Gasteiger partial charge is 0.390 e. The summed E-state index contributed by atoms with van der Waals surface area (Å²) in [5, 5.41) is 10.5. The fourth-order valence-electron chi connectivity index (χ4n) is 1.12. The molecule has 6 nitrogen and oxygen atoms in total. The van der Waals surface area contributed by atoms with Crippen molar-refractivity contribution in [1.29, 1.82) is 0 Å². The summed E-state index contributed by atoms with van der Waals surface area (Å²) >= 11 is 0. The molecule has 0 atom stereocenters. The lowest BCUT2D eigenvalue weighted by atomic mass is 10.3. The van der Waals surface area contributed by atoms with Gasteiger partial charge in [-0.2, -0.15) is 0 Å². The van der Waals surface area contributed by atoms with Crippen LogP contribution in [0.5, 0.6) is 0 Å². The van der Waals surface area contributed by atoms with Crippen molar-refractivity contribution in [3.63, 3.8) is 0 Å². The van der Waals surface area contributed by atoms with E-state index in [2.05, 4.69) is 4.98 Å². The van der Waals surface area contributed by atoms with Gasteiger partial charge in [-0.15, -0.1) is 0 Å². The van der Waals surface area contributed by atoms with E-state index in [1.165, 1.54) is 10.8 Å². The third-order valence-corrected chi connectivity index (χ3v) is 1.61. The van der Waals surface area contributed by atoms with E-state index in [1.807, 2.05) is 0 Å². The normalized spacial score (nSPS) is 10.4. The average molecular weight is 183 g/mol. The van der Waals surface area contributed by atoms with Crippen LogP contribution in [0.1, 0.15) is 30.4 Å². The van der Waals surface area contributed by atoms with Crippen LogP contribution in [0.3, 0.4) is 0 Å². The van der Waals surface area contributed by atoms with Crippen molar-refractivity contribution in [3.05, 3.63) is 22.0 Å². The number of nitrogens with zero attached hydrogens (tertiary/aromatic N) is 3. The van der Waals surface area contributed by atoms with Gasteiger partial charge in [0, 0.05) is 0 Å². The summed E-state index contributed by atoms with van der Waals surface area (Å²) in [4.78, 5) is 23.9. The van der Waals surface area contributed by atoms with Gasteiger partial charge in [0.25, 0.3) is 0 Å². The summed E-state index contributed by atoms with van der Waals surface area (Å²) in [5.41, 5.74) is 0.224. The molecule has 1 aromatic heterocycles. The highest BCUT2D eigenvalue weighted by atomic mass is 16.6. The lowest BCUT2D eigenvalue weighted by molar-refractivity contribution is -0.397. The summed E-state index contributed by atoms with van der Waals surface area (Å²) in [5.74, 6) is -0.294. The maximum absolute atomic E-state index is 10.5. The molecule has 0 N–H and O–H groups in total. The van der Waals surface area contributed by atoms with Gasteiger partial charge in [0.1, 0.15) is 6.20 Å². The maximum Gasteiger partial charge on any atom is 0.435 e. The van der Waals surface area contributed by atoms with Crippen LogP contribution < -0.4 is 0 Å². The molecular weight excluding hydrogens is 174 g/mol. The number of hydrogen-bond donors (Lipinski definition) is 0. The minimum Gasteiger partial charge on any atom is -0.390 e. The van der Waals surface area contributed by atoms with Crippen LogP contribution in [0.25, 0.3) is 0 Å². The Hall–Kier alpha value is -1.72. The van der Waals surface area contributed by atoms with Crippen molar-refractivity contribution in [2.75, 3.05) is 0 Å². The van der Waals surface area contributed by atoms with Crippen molar-refractivity contribution >= 4 is 12.2 Å². The fraction of sp³-hybridized carbons (Fsp3) is 0.429. The molecule has 0 unspecified atom stereocenters. The number of aldehydes is 1. The van der Waals surface area contributed by atoms with Gasteiger partial charge in [0.2, 0.25) is 0 Å². The molecule has 70 valence electrons. The number of imidazole rings is 1. The quantitative estimate of drug-likeness (QED) is 0.400. The Morgan fingerprint density at radius 2 is 2.31 bits per heavy atom. The van der Waals surface area contributed by atoms with E-state index in [1.54, 1.807) is 13.8 Å². The summed E-state index contributed by atoms with van der Waals surface area (Å²) in [6.07, 6.45) is 1.76. The number of nitro groups is 1. The number of carbonyl (C=O) groups excluding carboxylic acids is 1. The van der Waals surface area contributed by atoms with Crippen LogP contribution in [0.2, 0.25) is 0 Å². The fourth-order valence-corrected chi connectivity index (χ4v) is 1.12. The Balaban J connectivity index is 3.29. The SMILES string of the molecule is CC(C)n1c(C=O)cnc1[N+](=O)[O-]. The molecule has 0 aliphatic rings. The molecule has 0 radical (unpaired) electrons. The Labute approximate surface area is 74.3 Å². The van der Waals surface area contributed by atoms with Crippen molar-refractivity contribution < 1.29 is 9.72 Å². The molecule has 13 heavy (non-hydrogen) atoms. The molecule has 0 bridgehead atoms. The second kappa shape index (κ2) is 3.34. The summed E-state index contributed by atoms with van der Waals surface area (Å²) in [6, 6.07) is -0.150. The van der Waals surface area contributed by atoms with Gasteiger partial charge >= 0.3 is 5.95 Å². The lowest BCUT2D eigenvalue weighted by Gasteiger charge is -2.05. The van der Waals surface area contributed by atoms with E-state index >= 15 is 0 Å². The molecule has 0 fully saturated rings. The van der Waals surface area contributed by atoms with Crippen molar-refractivity contribution in [3.8, 4) is 0 Å². The van der Waals surface area contributed by atoms with E-state index in [0.717, 1.165) is 0 Å². The molecule has 0 aliphatic heterocycles. The second-order valence-electron chi connectivity index (χ2n) is 2.82. The third kappa shape index (κ3) is 1.56. The molecule has 0 spiro atoms. The van der Waals surface area contributed by atoms with Crippen LogP contribution in [0, 0.1) is 10.1 Å². The van der Waals surface area contributed by atoms with Crippen molar-refractivity contribution in [2.24, 2.45) is 0 Å². The van der Waals surface area contributed by atoms with E-state index in [-0.39, 0.29) is 17.7 Å². The van der Waals surface area contributed by atoms with Crippen LogP contribution in [0.4, 0.5) is 5.95 Å². The molecule has 1 heterocycles. The van der Waals surface area contributed by atoms with Gasteiger partial charge in [-0.05, 0) is 18.8 Å². The summed E-state index contributed by atoms with van der Waals surface area (Å²) in [7, 11) is 0. The van der Waals surface area contributed by atoms with E-state index < -0.39 is 4.92 Å². The first kappa shape index (κ1) is 9.37. The predicted octanol–water partition coefficient (Wildman–Crippen LogP) is 1.18. The van der Waals surface area contributed by atoms with Gasteiger partial charge in [-0.1, -0.05) is 4.98 Å². The average Bonchev–Trinajstić information content (AvgIpc) is 2.46. The van der Waals surface area contributed by atoms with Crippen molar-refractivity contribution in [2.45, 2.75) is 19.9 Å². The van der Waals surface area contributed by atoms with Crippen LogP contribution >= 0.6 is 0 Å². The van der Waals surface area contributed by atoms with Gasteiger partial charge in [-0.3, -0.25) is 4.79 Å². The molecule has 0 saturated heterocycles. The molecule has 0 amide bonds. The molecule has 0 aliphatic carbocycles. The third-order valence-electron chi connectivity index (χ3n) is 1.61. The maximum atomic E-state index is 10.5. The number of rotatable bonds is 3. The van der Waals surface area contributed by atoms with E-state index in [4.69, 9.17) is 0 Å². The number of carbonyl (C=O) groups is 1. The van der Waals surface area contributed by atoms with Crippen LogP contribution in [-0.4, -0.2) is 20.8 Å². The number of aromatic nitrogens is 2. The zero-order valence-corrected chi connectivity index (χ0v) is 7.30. The Kier molecular flexibility index (Phi) is 2.41. The topological polar surface area (TPSA) is 78.0 Å². The minimum absolute atomic E-state index is 0.150. The van der Waals surface area contributed by atoms with E-state index in [0.29, 0.717) is 6.29 Å². The van der Waals surface area contributed by atoms with Crippen molar-refractivity contribution in [1.82, 2.24) is 9.55 Å². The van der Waals surface area contributed by atoms with Crippen LogP contribution in [-0.2, 0) is 0 Å². The summed E-state index contributed by atoms with van der Waals surface area (Å²) < 4.78 is 1.28.